The Morgan fingerprint density at radius 2 is 2.40 bits per heavy atom. The molecule has 0 saturated carbocycles. The second-order valence-electron chi connectivity index (χ2n) is 4.79. The van der Waals surface area contributed by atoms with E-state index in [1.54, 1.807) is 18.3 Å². The van der Waals surface area contributed by atoms with Crippen molar-refractivity contribution in [3.8, 4) is 0 Å². The van der Waals surface area contributed by atoms with Gasteiger partial charge in [-0.15, -0.1) is 11.3 Å². The van der Waals surface area contributed by atoms with Gasteiger partial charge in [0, 0.05) is 36.3 Å². The second kappa shape index (κ2) is 5.30. The van der Waals surface area contributed by atoms with Crippen molar-refractivity contribution in [3.05, 3.63) is 51.2 Å². The molecule has 104 valence electrons. The molecule has 3 rings (SSSR count). The van der Waals surface area contributed by atoms with Gasteiger partial charge in [-0.2, -0.15) is 0 Å². The van der Waals surface area contributed by atoms with Crippen molar-refractivity contribution in [2.45, 2.75) is 19.5 Å². The molecule has 2 aromatic rings. The fourth-order valence-electron chi connectivity index (χ4n) is 2.39. The first-order chi connectivity index (χ1) is 9.63. The highest BCUT2D eigenvalue weighted by Gasteiger charge is 2.21. The van der Waals surface area contributed by atoms with Crippen LogP contribution in [0.25, 0.3) is 0 Å². The summed E-state index contributed by atoms with van der Waals surface area (Å²) in [6.45, 7) is 2.01. The summed E-state index contributed by atoms with van der Waals surface area (Å²) >= 11 is 1.31. The molecule has 0 atom stereocenters. The van der Waals surface area contributed by atoms with Gasteiger partial charge in [0.1, 0.15) is 10.7 Å². The van der Waals surface area contributed by atoms with Gasteiger partial charge in [-0.1, -0.05) is 0 Å². The van der Waals surface area contributed by atoms with Crippen LogP contribution in [0.3, 0.4) is 0 Å². The van der Waals surface area contributed by atoms with Crippen LogP contribution >= 0.6 is 11.3 Å². The standard InChI is InChI=1S/C14H13FN2O2S/c15-11-6-16-3-1-10(11)7-17-4-2-9-5-12(14(18)19)20-13(9)8-17/h1,3,5-6H,2,4,7-8H2,(H,18,19). The monoisotopic (exact) mass is 292 g/mol. The molecule has 4 nitrogen and oxygen atoms in total. The molecule has 0 spiro atoms. The number of aromatic carboxylic acids is 1. The minimum Gasteiger partial charge on any atom is -0.477 e. The summed E-state index contributed by atoms with van der Waals surface area (Å²) in [5, 5.41) is 9.01. The molecule has 0 bridgehead atoms. The van der Waals surface area contributed by atoms with Crippen molar-refractivity contribution in [1.29, 1.82) is 0 Å². The summed E-state index contributed by atoms with van der Waals surface area (Å²) in [6, 6.07) is 3.44. The Balaban J connectivity index is 1.75. The average molecular weight is 292 g/mol. The topological polar surface area (TPSA) is 53.4 Å². The van der Waals surface area contributed by atoms with Crippen LogP contribution in [-0.4, -0.2) is 27.5 Å². The van der Waals surface area contributed by atoms with Crippen molar-refractivity contribution < 1.29 is 14.3 Å². The molecule has 0 aliphatic carbocycles. The van der Waals surface area contributed by atoms with Crippen LogP contribution in [0.15, 0.2) is 24.5 Å². The molecule has 0 amide bonds. The zero-order valence-corrected chi connectivity index (χ0v) is 11.5. The van der Waals surface area contributed by atoms with Gasteiger partial charge in [0.25, 0.3) is 0 Å². The van der Waals surface area contributed by atoms with E-state index in [0.717, 1.165) is 23.4 Å². The SMILES string of the molecule is O=C(O)c1cc2c(s1)CN(Cc1ccncc1F)CC2. The number of carboxylic acids is 1. The Labute approximate surface area is 119 Å². The molecule has 3 heterocycles. The van der Waals surface area contributed by atoms with Gasteiger partial charge in [-0.25, -0.2) is 9.18 Å². The highest BCUT2D eigenvalue weighted by molar-refractivity contribution is 7.14. The van der Waals surface area contributed by atoms with E-state index >= 15 is 0 Å². The first kappa shape index (κ1) is 13.2. The minimum atomic E-state index is -0.879. The first-order valence-corrected chi connectivity index (χ1v) is 7.11. The normalized spacial score (nSPS) is 15.1. The smallest absolute Gasteiger partial charge is 0.345 e. The van der Waals surface area contributed by atoms with E-state index in [4.69, 9.17) is 5.11 Å². The van der Waals surface area contributed by atoms with Crippen LogP contribution in [-0.2, 0) is 19.5 Å². The van der Waals surface area contributed by atoms with Crippen molar-refractivity contribution in [1.82, 2.24) is 9.88 Å². The lowest BCUT2D eigenvalue weighted by Gasteiger charge is -2.26. The Hall–Kier alpha value is -1.79. The lowest BCUT2D eigenvalue weighted by molar-refractivity contribution is 0.0702. The predicted molar refractivity (Wildman–Crippen MR) is 73.3 cm³/mol. The van der Waals surface area contributed by atoms with Crippen LogP contribution in [0.2, 0.25) is 0 Å². The van der Waals surface area contributed by atoms with Gasteiger partial charge in [-0.3, -0.25) is 9.88 Å². The van der Waals surface area contributed by atoms with Crippen LogP contribution in [0.5, 0.6) is 0 Å². The number of fused-ring (bicyclic) bond motifs is 1. The van der Waals surface area contributed by atoms with E-state index in [-0.39, 0.29) is 5.82 Å². The number of pyridine rings is 1. The Morgan fingerprint density at radius 3 is 3.15 bits per heavy atom. The summed E-state index contributed by atoms with van der Waals surface area (Å²) in [7, 11) is 0. The van der Waals surface area contributed by atoms with Gasteiger partial charge in [0.15, 0.2) is 0 Å². The van der Waals surface area contributed by atoms with Crippen LogP contribution in [0, 0.1) is 5.82 Å². The third-order valence-corrected chi connectivity index (χ3v) is 4.57. The highest BCUT2D eigenvalue weighted by Crippen LogP contribution is 2.29. The average Bonchev–Trinajstić information content (AvgIpc) is 2.85. The quantitative estimate of drug-likeness (QED) is 0.944. The van der Waals surface area contributed by atoms with Crippen molar-refractivity contribution >= 4 is 17.3 Å². The summed E-state index contributed by atoms with van der Waals surface area (Å²) in [6.07, 6.45) is 3.62. The molecule has 0 radical (unpaired) electrons. The molecule has 0 saturated heterocycles. The summed E-state index contributed by atoms with van der Waals surface area (Å²) < 4.78 is 13.6. The molecule has 1 aliphatic heterocycles. The summed E-state index contributed by atoms with van der Waals surface area (Å²) in [5.41, 5.74) is 1.73. The number of rotatable bonds is 3. The molecule has 1 aliphatic rings. The zero-order chi connectivity index (χ0) is 14.1. The van der Waals surface area contributed by atoms with Crippen LogP contribution in [0.4, 0.5) is 4.39 Å². The molecule has 6 heteroatoms. The molecule has 1 N–H and O–H groups in total. The largest absolute Gasteiger partial charge is 0.477 e. The van der Waals surface area contributed by atoms with E-state index in [1.807, 2.05) is 0 Å². The molecule has 20 heavy (non-hydrogen) atoms. The number of hydrogen-bond acceptors (Lipinski definition) is 4. The Kier molecular flexibility index (Phi) is 3.50. The fourth-order valence-corrected chi connectivity index (χ4v) is 3.48. The van der Waals surface area contributed by atoms with Gasteiger partial charge >= 0.3 is 5.97 Å². The maximum absolute atomic E-state index is 13.6. The number of halogens is 1. The lowest BCUT2D eigenvalue weighted by atomic mass is 10.1. The number of carbonyl (C=O) groups is 1. The number of carboxylic acid groups (broad SMARTS) is 1. The lowest BCUT2D eigenvalue weighted by Crippen LogP contribution is -2.29. The predicted octanol–water partition coefficient (Wildman–Crippen LogP) is 2.54. The number of aromatic nitrogens is 1. The van der Waals surface area contributed by atoms with E-state index in [0.29, 0.717) is 23.5 Å². The van der Waals surface area contributed by atoms with Crippen molar-refractivity contribution in [2.24, 2.45) is 0 Å². The number of thiophene rings is 1. The Morgan fingerprint density at radius 1 is 1.55 bits per heavy atom. The van der Waals surface area contributed by atoms with E-state index in [1.165, 1.54) is 17.5 Å². The van der Waals surface area contributed by atoms with Gasteiger partial charge in [0.05, 0.1) is 6.20 Å². The summed E-state index contributed by atoms with van der Waals surface area (Å²) in [5.74, 6) is -1.17. The van der Waals surface area contributed by atoms with Gasteiger partial charge in [-0.05, 0) is 24.1 Å². The van der Waals surface area contributed by atoms with Crippen molar-refractivity contribution in [3.63, 3.8) is 0 Å². The highest BCUT2D eigenvalue weighted by atomic mass is 32.1. The minimum absolute atomic E-state index is 0.296. The second-order valence-corrected chi connectivity index (χ2v) is 5.93. The zero-order valence-electron chi connectivity index (χ0n) is 10.7. The molecule has 2 aromatic heterocycles. The number of hydrogen-bond donors (Lipinski definition) is 1. The van der Waals surface area contributed by atoms with E-state index < -0.39 is 5.97 Å². The first-order valence-electron chi connectivity index (χ1n) is 6.29. The molecule has 0 fully saturated rings. The van der Waals surface area contributed by atoms with Crippen LogP contribution in [0.1, 0.15) is 25.7 Å². The van der Waals surface area contributed by atoms with E-state index in [9.17, 15) is 9.18 Å². The fraction of sp³-hybridized carbons (Fsp3) is 0.286. The van der Waals surface area contributed by atoms with Crippen LogP contribution < -0.4 is 0 Å². The molecular formula is C14H13FN2O2S. The van der Waals surface area contributed by atoms with Gasteiger partial charge in [0.2, 0.25) is 0 Å². The third-order valence-electron chi connectivity index (χ3n) is 3.42. The molecule has 0 aromatic carbocycles. The van der Waals surface area contributed by atoms with Gasteiger partial charge < -0.3 is 5.11 Å². The third kappa shape index (κ3) is 2.57. The molecular weight excluding hydrogens is 279 g/mol. The van der Waals surface area contributed by atoms with Crippen molar-refractivity contribution in [2.75, 3.05) is 6.54 Å². The maximum Gasteiger partial charge on any atom is 0.345 e. The molecule has 0 unspecified atom stereocenters. The van der Waals surface area contributed by atoms with E-state index in [2.05, 4.69) is 9.88 Å². The Bertz CT molecular complexity index is 656. The maximum atomic E-state index is 13.6. The number of nitrogens with zero attached hydrogens (tertiary/aromatic N) is 2. The summed E-state index contributed by atoms with van der Waals surface area (Å²) in [4.78, 5) is 18.3.